The second-order valence-corrected chi connectivity index (χ2v) is 12.1. The Bertz CT molecular complexity index is 1510. The molecular formula is C33H40FN3O5. The predicted octanol–water partition coefficient (Wildman–Crippen LogP) is 5.93. The smallest absolute Gasteiger partial charge is 0.317 e. The van der Waals surface area contributed by atoms with Crippen molar-refractivity contribution in [3.63, 3.8) is 0 Å². The topological polar surface area (TPSA) is 93.0 Å². The van der Waals surface area contributed by atoms with Gasteiger partial charge in [0.1, 0.15) is 23.1 Å². The largest absolute Gasteiger partial charge is 0.490 e. The van der Waals surface area contributed by atoms with Gasteiger partial charge in [0.2, 0.25) is 0 Å². The molecule has 2 amide bonds. The number of aromatic nitrogens is 1. The van der Waals surface area contributed by atoms with E-state index in [4.69, 9.17) is 9.47 Å². The summed E-state index contributed by atoms with van der Waals surface area (Å²) in [5, 5.41) is 13.8. The molecule has 2 aliphatic rings. The number of amides is 2. The van der Waals surface area contributed by atoms with Crippen LogP contribution in [0.5, 0.6) is 17.2 Å². The number of aliphatic hydroxyl groups is 1. The van der Waals surface area contributed by atoms with E-state index in [-0.39, 0.29) is 29.6 Å². The van der Waals surface area contributed by atoms with Crippen molar-refractivity contribution in [1.29, 1.82) is 0 Å². The molecule has 1 aromatic heterocycles. The number of nitrogens with zero attached hydrogens (tertiary/aromatic N) is 2. The zero-order valence-corrected chi connectivity index (χ0v) is 25.0. The number of aryl methyl sites for hydroxylation is 3. The fraction of sp³-hybridized carbons (Fsp3) is 0.455. The third kappa shape index (κ3) is 6.31. The first-order valence-electron chi connectivity index (χ1n) is 14.6. The molecule has 224 valence electrons. The average molecular weight is 578 g/mol. The van der Waals surface area contributed by atoms with Crippen molar-refractivity contribution in [2.75, 3.05) is 13.1 Å². The Morgan fingerprint density at radius 3 is 2.31 bits per heavy atom. The maximum Gasteiger partial charge on any atom is 0.317 e. The second kappa shape index (κ2) is 11.8. The van der Waals surface area contributed by atoms with Gasteiger partial charge in [0.05, 0.1) is 11.7 Å². The average Bonchev–Trinajstić information content (AvgIpc) is 2.93. The quantitative estimate of drug-likeness (QED) is 0.363. The summed E-state index contributed by atoms with van der Waals surface area (Å²) in [7, 11) is 1.68. The van der Waals surface area contributed by atoms with E-state index in [1.165, 1.54) is 22.8 Å². The van der Waals surface area contributed by atoms with Gasteiger partial charge in [0, 0.05) is 49.6 Å². The highest BCUT2D eigenvalue weighted by molar-refractivity contribution is 5.77. The Morgan fingerprint density at radius 1 is 0.976 bits per heavy atom. The highest BCUT2D eigenvalue weighted by Crippen LogP contribution is 2.42. The molecule has 2 aromatic carbocycles. The molecule has 1 saturated carbocycles. The first kappa shape index (κ1) is 29.6. The third-order valence-electron chi connectivity index (χ3n) is 8.29. The van der Waals surface area contributed by atoms with Crippen LogP contribution in [0, 0.1) is 19.7 Å². The van der Waals surface area contributed by atoms with Crippen LogP contribution >= 0.6 is 0 Å². The summed E-state index contributed by atoms with van der Waals surface area (Å²) >= 11 is 0. The lowest BCUT2D eigenvalue weighted by molar-refractivity contribution is 0.0786. The lowest BCUT2D eigenvalue weighted by Gasteiger charge is -2.39. The van der Waals surface area contributed by atoms with Gasteiger partial charge in [-0.25, -0.2) is 9.18 Å². The van der Waals surface area contributed by atoms with Crippen LogP contribution in [-0.4, -0.2) is 45.8 Å². The highest BCUT2D eigenvalue weighted by atomic mass is 19.1. The number of hydrogen-bond acceptors (Lipinski definition) is 5. The van der Waals surface area contributed by atoms with E-state index in [0.717, 1.165) is 45.2 Å². The van der Waals surface area contributed by atoms with Crippen molar-refractivity contribution in [3.8, 4) is 28.4 Å². The number of urea groups is 1. The minimum Gasteiger partial charge on any atom is -0.490 e. The summed E-state index contributed by atoms with van der Waals surface area (Å²) in [5.41, 5.74) is 1.92. The highest BCUT2D eigenvalue weighted by Gasteiger charge is 2.31. The summed E-state index contributed by atoms with van der Waals surface area (Å²) in [6, 6.07) is 9.97. The van der Waals surface area contributed by atoms with E-state index < -0.39 is 5.60 Å². The molecule has 0 spiro atoms. The van der Waals surface area contributed by atoms with Crippen LogP contribution in [0.2, 0.25) is 0 Å². The standard InChI is InChI=1S/C33H40FN3O5/c1-20-15-23(34)16-21(2)31(20)42-28-12-7-22(33(3,4)40)17-26(28)27-19-36(5)30(38)18-29(27)41-25-10-8-24(9-11-25)37-14-6-13-35-32(37)39/h7,12,15-19,24-25,40H,6,8-11,13-14H2,1-5H3,(H,35,39). The van der Waals surface area contributed by atoms with E-state index in [0.29, 0.717) is 45.1 Å². The fourth-order valence-electron chi connectivity index (χ4n) is 5.94. The molecule has 2 fully saturated rings. The van der Waals surface area contributed by atoms with Crippen molar-refractivity contribution in [2.24, 2.45) is 7.05 Å². The molecule has 5 rings (SSSR count). The van der Waals surface area contributed by atoms with Crippen LogP contribution in [0.1, 0.15) is 62.6 Å². The van der Waals surface area contributed by atoms with E-state index in [2.05, 4.69) is 5.32 Å². The Hall–Kier alpha value is -3.85. The molecule has 1 aliphatic heterocycles. The van der Waals surface area contributed by atoms with Crippen LogP contribution in [0.25, 0.3) is 11.1 Å². The van der Waals surface area contributed by atoms with E-state index in [9.17, 15) is 19.1 Å². The van der Waals surface area contributed by atoms with Crippen molar-refractivity contribution in [1.82, 2.24) is 14.8 Å². The molecule has 42 heavy (non-hydrogen) atoms. The lowest BCUT2D eigenvalue weighted by Crippen LogP contribution is -2.52. The zero-order chi connectivity index (χ0) is 30.2. The maximum atomic E-state index is 14.0. The molecule has 3 aromatic rings. The van der Waals surface area contributed by atoms with Crippen LogP contribution in [-0.2, 0) is 12.6 Å². The van der Waals surface area contributed by atoms with Gasteiger partial charge >= 0.3 is 6.03 Å². The SMILES string of the molecule is Cc1cc(F)cc(C)c1Oc1ccc(C(C)(C)O)cc1-c1cn(C)c(=O)cc1OC1CCC(N2CCCNC2=O)CC1. The van der Waals surface area contributed by atoms with Gasteiger partial charge in [-0.15, -0.1) is 0 Å². The molecule has 9 heteroatoms. The maximum absolute atomic E-state index is 14.0. The van der Waals surface area contributed by atoms with Crippen LogP contribution < -0.4 is 20.3 Å². The molecular weight excluding hydrogens is 537 g/mol. The Labute approximate surface area is 246 Å². The minimum absolute atomic E-state index is 0.00491. The van der Waals surface area contributed by atoms with E-state index in [1.54, 1.807) is 53.1 Å². The number of hydrogen-bond donors (Lipinski definition) is 2. The summed E-state index contributed by atoms with van der Waals surface area (Å²) in [4.78, 5) is 27.1. The van der Waals surface area contributed by atoms with Crippen molar-refractivity contribution in [2.45, 2.75) is 77.5 Å². The molecule has 2 heterocycles. The minimum atomic E-state index is -1.13. The van der Waals surface area contributed by atoms with Crippen LogP contribution in [0.4, 0.5) is 9.18 Å². The predicted molar refractivity (Wildman–Crippen MR) is 160 cm³/mol. The van der Waals surface area contributed by atoms with Crippen molar-refractivity contribution < 1.29 is 23.8 Å². The number of rotatable bonds is 7. The summed E-state index contributed by atoms with van der Waals surface area (Å²) in [5.74, 6) is 1.13. The number of pyridine rings is 1. The van der Waals surface area contributed by atoms with Gasteiger partial charge in [-0.05, 0) is 101 Å². The first-order valence-corrected chi connectivity index (χ1v) is 14.6. The number of halogens is 1. The Balaban J connectivity index is 1.49. The molecule has 1 saturated heterocycles. The number of carbonyl (C=O) groups excluding carboxylic acids is 1. The molecule has 0 radical (unpaired) electrons. The number of ether oxygens (including phenoxy) is 2. The molecule has 0 bridgehead atoms. The Morgan fingerprint density at radius 2 is 1.67 bits per heavy atom. The van der Waals surface area contributed by atoms with Crippen LogP contribution in [0.15, 0.2) is 47.4 Å². The van der Waals surface area contributed by atoms with Crippen LogP contribution in [0.3, 0.4) is 0 Å². The number of carbonyl (C=O) groups is 1. The van der Waals surface area contributed by atoms with Gasteiger partial charge < -0.3 is 29.4 Å². The van der Waals surface area contributed by atoms with Gasteiger partial charge in [-0.3, -0.25) is 4.79 Å². The van der Waals surface area contributed by atoms with Gasteiger partial charge in [-0.1, -0.05) is 6.07 Å². The van der Waals surface area contributed by atoms with Gasteiger partial charge in [0.15, 0.2) is 0 Å². The van der Waals surface area contributed by atoms with Gasteiger partial charge in [-0.2, -0.15) is 0 Å². The second-order valence-electron chi connectivity index (χ2n) is 12.1. The van der Waals surface area contributed by atoms with Crippen molar-refractivity contribution >= 4 is 6.03 Å². The molecule has 8 nitrogen and oxygen atoms in total. The van der Waals surface area contributed by atoms with Crippen molar-refractivity contribution in [3.05, 3.63) is 75.5 Å². The monoisotopic (exact) mass is 577 g/mol. The van der Waals surface area contributed by atoms with E-state index in [1.807, 2.05) is 11.0 Å². The molecule has 0 atom stereocenters. The summed E-state index contributed by atoms with van der Waals surface area (Å²) in [6.45, 7) is 8.50. The molecule has 1 aliphatic carbocycles. The molecule has 2 N–H and O–H groups in total. The summed E-state index contributed by atoms with van der Waals surface area (Å²) < 4.78 is 28.5. The third-order valence-corrected chi connectivity index (χ3v) is 8.29. The normalized spacial score (nSPS) is 19.4. The molecule has 0 unspecified atom stereocenters. The first-order chi connectivity index (χ1) is 19.9. The summed E-state index contributed by atoms with van der Waals surface area (Å²) in [6.07, 6.45) is 5.71. The number of benzene rings is 2. The van der Waals surface area contributed by atoms with E-state index >= 15 is 0 Å². The Kier molecular flexibility index (Phi) is 8.32. The van der Waals surface area contributed by atoms with Gasteiger partial charge in [0.25, 0.3) is 5.56 Å². The fourth-order valence-corrected chi connectivity index (χ4v) is 5.94. The zero-order valence-electron chi connectivity index (χ0n) is 25.0. The lowest BCUT2D eigenvalue weighted by atomic mass is 9.91. The number of nitrogens with one attached hydrogen (secondary N) is 1.